The molecule has 0 radical (unpaired) electrons. The summed E-state index contributed by atoms with van der Waals surface area (Å²) in [6.07, 6.45) is -0.155. The first-order chi connectivity index (χ1) is 14.8. The summed E-state index contributed by atoms with van der Waals surface area (Å²) >= 11 is 0. The molecule has 0 spiro atoms. The Morgan fingerprint density at radius 1 is 1.09 bits per heavy atom. The van der Waals surface area contributed by atoms with Gasteiger partial charge >= 0.3 is 11.9 Å². The van der Waals surface area contributed by atoms with E-state index in [4.69, 9.17) is 17.8 Å². The molecule has 1 saturated carbocycles. The van der Waals surface area contributed by atoms with Crippen LogP contribution in [0.4, 0.5) is 0 Å². The fourth-order valence-corrected chi connectivity index (χ4v) is 5.24. The number of methoxy groups -OCH3 is 1. The third kappa shape index (κ3) is 6.86. The van der Waals surface area contributed by atoms with Crippen molar-refractivity contribution in [3.05, 3.63) is 48.6 Å². The van der Waals surface area contributed by atoms with E-state index in [0.29, 0.717) is 0 Å². The lowest BCUT2D eigenvalue weighted by Crippen LogP contribution is -2.58. The van der Waals surface area contributed by atoms with E-state index in [1.807, 2.05) is 0 Å². The van der Waals surface area contributed by atoms with E-state index >= 15 is 0 Å². The van der Waals surface area contributed by atoms with Crippen LogP contribution in [-0.2, 0) is 42.9 Å². The molecule has 12 heteroatoms. The van der Waals surface area contributed by atoms with Gasteiger partial charge in [0, 0.05) is 6.42 Å². The van der Waals surface area contributed by atoms with E-state index in [9.17, 15) is 26.4 Å². The van der Waals surface area contributed by atoms with E-state index in [2.05, 4.69) is 6.58 Å². The van der Waals surface area contributed by atoms with Crippen LogP contribution in [0.3, 0.4) is 0 Å². The summed E-state index contributed by atoms with van der Waals surface area (Å²) in [4.78, 5) is 25.4. The smallest absolute Gasteiger partial charge is 0.339 e. The zero-order chi connectivity index (χ0) is 24.2. The Morgan fingerprint density at radius 2 is 1.72 bits per heavy atom. The lowest BCUT2D eigenvalue weighted by molar-refractivity contribution is -0.174. The molecule has 0 amide bonds. The van der Waals surface area contributed by atoms with Crippen LogP contribution in [0.25, 0.3) is 0 Å². The van der Waals surface area contributed by atoms with Gasteiger partial charge in [0.15, 0.2) is 5.60 Å². The van der Waals surface area contributed by atoms with Crippen molar-refractivity contribution in [3.63, 3.8) is 0 Å². The minimum atomic E-state index is -4.16. The van der Waals surface area contributed by atoms with Crippen molar-refractivity contribution in [1.29, 1.82) is 0 Å². The number of benzene rings is 1. The predicted octanol–water partition coefficient (Wildman–Crippen LogP) is 1.43. The molecule has 1 aromatic carbocycles. The van der Waals surface area contributed by atoms with Gasteiger partial charge in [-0.05, 0) is 30.9 Å². The third-order valence-electron chi connectivity index (χ3n) is 4.85. The summed E-state index contributed by atoms with van der Waals surface area (Å²) in [6, 6.07) is 7.87. The Labute approximate surface area is 187 Å². The first kappa shape index (κ1) is 26.0. The second kappa shape index (κ2) is 10.1. The van der Waals surface area contributed by atoms with E-state index in [0.717, 1.165) is 19.6 Å². The van der Waals surface area contributed by atoms with Gasteiger partial charge in [-0.2, -0.15) is 16.8 Å². The summed E-state index contributed by atoms with van der Waals surface area (Å²) < 4.78 is 68.5. The van der Waals surface area contributed by atoms with Crippen LogP contribution in [0.15, 0.2) is 43.0 Å². The summed E-state index contributed by atoms with van der Waals surface area (Å²) in [7, 11) is -7.11. The highest BCUT2D eigenvalue weighted by molar-refractivity contribution is 7.86. The number of carbonyl (C=O) groups is 2. The van der Waals surface area contributed by atoms with Gasteiger partial charge in [0.25, 0.3) is 20.2 Å². The van der Waals surface area contributed by atoms with Crippen molar-refractivity contribution in [3.8, 4) is 0 Å². The predicted molar refractivity (Wildman–Crippen MR) is 114 cm³/mol. The van der Waals surface area contributed by atoms with Crippen LogP contribution in [0.5, 0.6) is 0 Å². The number of allylic oxidation sites excluding steroid dienone is 1. The summed E-state index contributed by atoms with van der Waals surface area (Å²) in [5.41, 5.74) is -1.88. The van der Waals surface area contributed by atoms with Crippen LogP contribution < -0.4 is 0 Å². The molecule has 0 unspecified atom stereocenters. The average Bonchev–Trinajstić information content (AvgIpc) is 2.68. The van der Waals surface area contributed by atoms with Crippen LogP contribution in [0.1, 0.15) is 29.6 Å². The lowest BCUT2D eigenvalue weighted by atomic mass is 9.73. The molecule has 1 aromatic rings. The van der Waals surface area contributed by atoms with Crippen LogP contribution in [-0.4, -0.2) is 66.2 Å². The molecule has 2 rings (SSSR count). The zero-order valence-corrected chi connectivity index (χ0v) is 19.6. The highest BCUT2D eigenvalue weighted by atomic mass is 32.2. The Kier molecular flexibility index (Phi) is 8.21. The molecule has 32 heavy (non-hydrogen) atoms. The largest absolute Gasteiger partial charge is 0.467 e. The number of ether oxygens (including phenoxy) is 2. The van der Waals surface area contributed by atoms with E-state index < -0.39 is 62.3 Å². The van der Waals surface area contributed by atoms with Crippen LogP contribution >= 0.6 is 0 Å². The minimum absolute atomic E-state index is 0.117. The molecule has 1 aliphatic rings. The molecular formula is C20H26O10S2. The highest BCUT2D eigenvalue weighted by Crippen LogP contribution is 2.42. The second-order valence-electron chi connectivity index (χ2n) is 7.54. The van der Waals surface area contributed by atoms with Gasteiger partial charge in [0.05, 0.1) is 25.2 Å². The first-order valence-corrected chi connectivity index (χ1v) is 13.2. The van der Waals surface area contributed by atoms with Gasteiger partial charge in [-0.15, -0.1) is 6.58 Å². The van der Waals surface area contributed by atoms with Gasteiger partial charge < -0.3 is 9.47 Å². The second-order valence-corrected chi connectivity index (χ2v) is 10.7. The van der Waals surface area contributed by atoms with Crippen molar-refractivity contribution >= 4 is 32.2 Å². The third-order valence-corrected chi connectivity index (χ3v) is 6.04. The monoisotopic (exact) mass is 490 g/mol. The molecule has 178 valence electrons. The number of hydrogen-bond acceptors (Lipinski definition) is 10. The number of hydrogen-bond donors (Lipinski definition) is 0. The van der Waals surface area contributed by atoms with Crippen LogP contribution in [0.2, 0.25) is 0 Å². The molecule has 10 nitrogen and oxygen atoms in total. The molecular weight excluding hydrogens is 464 g/mol. The molecule has 0 aromatic heterocycles. The Balaban J connectivity index is 2.55. The highest BCUT2D eigenvalue weighted by Gasteiger charge is 2.56. The topological polar surface area (TPSA) is 139 Å². The fourth-order valence-electron chi connectivity index (χ4n) is 3.77. The number of rotatable bonds is 9. The fraction of sp³-hybridized carbons (Fsp3) is 0.500. The van der Waals surface area contributed by atoms with Crippen LogP contribution in [0, 0.1) is 5.92 Å². The summed E-state index contributed by atoms with van der Waals surface area (Å²) in [5.74, 6) is -2.61. The van der Waals surface area contributed by atoms with Gasteiger partial charge in [0.1, 0.15) is 12.2 Å². The van der Waals surface area contributed by atoms with E-state index in [1.165, 1.54) is 18.2 Å². The minimum Gasteiger partial charge on any atom is -0.467 e. The Bertz CT molecular complexity index is 1050. The Morgan fingerprint density at radius 3 is 2.22 bits per heavy atom. The summed E-state index contributed by atoms with van der Waals surface area (Å²) in [6.45, 7) is 3.62. The van der Waals surface area contributed by atoms with Gasteiger partial charge in [0.2, 0.25) is 0 Å². The first-order valence-electron chi connectivity index (χ1n) is 9.54. The van der Waals surface area contributed by atoms with Gasteiger partial charge in [-0.1, -0.05) is 24.3 Å². The van der Waals surface area contributed by atoms with Crippen molar-refractivity contribution in [2.45, 2.75) is 37.1 Å². The SMILES string of the molecule is C=CC[C@H]1C[C@](OS(C)(=O)=O)(C(=O)OC)C[C@@H](OC(=O)c2ccccc2)[C@H]1OS(C)(=O)=O. The summed E-state index contributed by atoms with van der Waals surface area (Å²) in [5, 5.41) is 0. The Hall–Kier alpha value is -2.28. The quantitative estimate of drug-likeness (QED) is 0.284. The molecule has 1 aliphatic carbocycles. The van der Waals surface area contributed by atoms with Gasteiger partial charge in [-0.3, -0.25) is 8.37 Å². The molecule has 0 aliphatic heterocycles. The van der Waals surface area contributed by atoms with E-state index in [-0.39, 0.29) is 18.4 Å². The average molecular weight is 491 g/mol. The number of esters is 2. The van der Waals surface area contributed by atoms with Crippen molar-refractivity contribution in [1.82, 2.24) is 0 Å². The van der Waals surface area contributed by atoms with Crippen molar-refractivity contribution in [2.75, 3.05) is 19.6 Å². The maximum Gasteiger partial charge on any atom is 0.339 e. The number of carbonyl (C=O) groups excluding carboxylic acids is 2. The molecule has 0 bridgehead atoms. The van der Waals surface area contributed by atoms with E-state index in [1.54, 1.807) is 18.2 Å². The van der Waals surface area contributed by atoms with Crippen molar-refractivity contribution < 1.29 is 44.3 Å². The molecule has 0 saturated heterocycles. The van der Waals surface area contributed by atoms with Gasteiger partial charge in [-0.25, -0.2) is 9.59 Å². The standard InChI is InChI=1S/C20H26O10S2/c1-5-9-15-12-20(19(22)27-2,30-32(4,25)26)13-16(17(15)29-31(3,23)24)28-18(21)14-10-7-6-8-11-14/h5-8,10-11,15-17H,1,9,12-13H2,2-4H3/t15-,16+,17-,20+/m0/s1. The molecule has 4 atom stereocenters. The lowest BCUT2D eigenvalue weighted by Gasteiger charge is -2.44. The molecule has 1 fully saturated rings. The zero-order valence-electron chi connectivity index (χ0n) is 17.9. The maximum absolute atomic E-state index is 12.7. The molecule has 0 heterocycles. The van der Waals surface area contributed by atoms with Crippen molar-refractivity contribution in [2.24, 2.45) is 5.92 Å². The maximum atomic E-state index is 12.7. The normalized spacial score (nSPS) is 26.2. The molecule has 0 N–H and O–H groups in total.